The van der Waals surface area contributed by atoms with Crippen LogP contribution >= 0.6 is 0 Å². The smallest absolute Gasteiger partial charge is 0.306 e. The van der Waals surface area contributed by atoms with Gasteiger partial charge in [0.05, 0.1) is 18.3 Å². The fourth-order valence-corrected chi connectivity index (χ4v) is 7.11. The molecule has 1 N–H and O–H groups in total. The first-order valence-electron chi connectivity index (χ1n) is 17.0. The van der Waals surface area contributed by atoms with Crippen molar-refractivity contribution in [3.05, 3.63) is 23.8 Å². The molecule has 0 aromatic heterocycles. The molecule has 260 valence electrons. The molecule has 2 heterocycles. The van der Waals surface area contributed by atoms with Gasteiger partial charge in [-0.1, -0.05) is 59.3 Å². The number of esters is 1. The van der Waals surface area contributed by atoms with Crippen LogP contribution in [0.2, 0.25) is 0 Å². The lowest BCUT2D eigenvalue weighted by molar-refractivity contribution is -0.288. The van der Waals surface area contributed by atoms with Gasteiger partial charge in [0.1, 0.15) is 6.10 Å². The quantitative estimate of drug-likeness (QED) is 0.249. The number of aliphatic hydroxyl groups is 1. The van der Waals surface area contributed by atoms with E-state index < -0.39 is 30.9 Å². The molecule has 0 amide bonds. The van der Waals surface area contributed by atoms with Crippen molar-refractivity contribution in [2.75, 3.05) is 28.3 Å². The Hall–Kier alpha value is -1.62. The van der Waals surface area contributed by atoms with E-state index in [2.05, 4.69) is 26.8 Å². The molecule has 9 nitrogen and oxygen atoms in total. The molecule has 9 heteroatoms. The Labute approximate surface area is 273 Å². The maximum atomic E-state index is 13.5. The van der Waals surface area contributed by atoms with Gasteiger partial charge in [-0.3, -0.25) is 9.59 Å². The van der Waals surface area contributed by atoms with Crippen molar-refractivity contribution < 1.29 is 38.4 Å². The third-order valence-corrected chi connectivity index (χ3v) is 10.2. The molecule has 0 radical (unpaired) electrons. The first-order chi connectivity index (χ1) is 21.2. The molecule has 1 saturated heterocycles. The minimum Gasteiger partial charge on any atom is -0.462 e. The Morgan fingerprint density at radius 3 is 2.20 bits per heavy atom. The van der Waals surface area contributed by atoms with Gasteiger partial charge >= 0.3 is 5.97 Å². The van der Waals surface area contributed by atoms with E-state index in [1.165, 1.54) is 0 Å². The van der Waals surface area contributed by atoms with E-state index in [1.54, 1.807) is 20.3 Å². The molecule has 12 atom stereocenters. The third-order valence-electron chi connectivity index (χ3n) is 10.2. The van der Waals surface area contributed by atoms with Gasteiger partial charge in [-0.2, -0.15) is 0 Å². The fraction of sp³-hybridized carbons (Fsp3) is 0.833. The van der Waals surface area contributed by atoms with Gasteiger partial charge in [-0.25, -0.2) is 0 Å². The van der Waals surface area contributed by atoms with Crippen LogP contribution in [-0.4, -0.2) is 93.1 Å². The second kappa shape index (κ2) is 18.6. The third kappa shape index (κ3) is 11.0. The van der Waals surface area contributed by atoms with Crippen LogP contribution in [0, 0.1) is 35.5 Å². The molecule has 0 aromatic rings. The Bertz CT molecular complexity index is 978. The number of hydrogen-bond donors (Lipinski definition) is 1. The molecule has 0 aromatic carbocycles. The summed E-state index contributed by atoms with van der Waals surface area (Å²) in [5.41, 5.74) is 0.970. The summed E-state index contributed by atoms with van der Waals surface area (Å²) in [7, 11) is 7.13. The van der Waals surface area contributed by atoms with Crippen LogP contribution in [0.3, 0.4) is 0 Å². The number of allylic oxidation sites excluding steroid dienone is 3. The zero-order chi connectivity index (χ0) is 34.0. The molecular formula is C36H63NO8. The van der Waals surface area contributed by atoms with Gasteiger partial charge < -0.3 is 33.7 Å². The van der Waals surface area contributed by atoms with Gasteiger partial charge in [0, 0.05) is 50.9 Å². The highest BCUT2D eigenvalue weighted by Gasteiger charge is 2.46. The summed E-state index contributed by atoms with van der Waals surface area (Å²) in [5.74, 6) is -0.905. The molecule has 2 rings (SSSR count). The molecule has 45 heavy (non-hydrogen) atoms. The Kier molecular flexibility index (Phi) is 16.4. The van der Waals surface area contributed by atoms with Crippen molar-refractivity contribution >= 4 is 11.8 Å². The number of likely N-dealkylation sites (N-methyl/N-ethyl adjacent to an activating group) is 1. The fourth-order valence-electron chi connectivity index (χ4n) is 7.11. The summed E-state index contributed by atoms with van der Waals surface area (Å²) in [6, 6.07) is -0.170. The first kappa shape index (κ1) is 39.6. The van der Waals surface area contributed by atoms with Crippen LogP contribution in [0.1, 0.15) is 87.5 Å². The average molecular weight is 638 g/mol. The van der Waals surface area contributed by atoms with Gasteiger partial charge in [-0.05, 0) is 71.0 Å². The minimum absolute atomic E-state index is 0.0453. The summed E-state index contributed by atoms with van der Waals surface area (Å²) in [6.07, 6.45) is 5.60. The van der Waals surface area contributed by atoms with Crippen LogP contribution in [0.5, 0.6) is 0 Å². The molecule has 0 bridgehead atoms. The predicted molar refractivity (Wildman–Crippen MR) is 176 cm³/mol. The highest BCUT2D eigenvalue weighted by Crippen LogP contribution is 2.38. The monoisotopic (exact) mass is 637 g/mol. The van der Waals surface area contributed by atoms with Crippen LogP contribution in [-0.2, 0) is 33.3 Å². The molecule has 0 aliphatic carbocycles. The van der Waals surface area contributed by atoms with Crippen molar-refractivity contribution in [1.82, 2.24) is 4.90 Å². The summed E-state index contributed by atoms with van der Waals surface area (Å²) < 4.78 is 30.7. The van der Waals surface area contributed by atoms with Crippen LogP contribution in [0.15, 0.2) is 23.8 Å². The summed E-state index contributed by atoms with van der Waals surface area (Å²) in [6.45, 7) is 16.1. The number of nitrogens with zero attached hydrogens (tertiary/aromatic N) is 1. The Balaban J connectivity index is 2.60. The number of methoxy groups -OCH3 is 2. The summed E-state index contributed by atoms with van der Waals surface area (Å²) >= 11 is 0. The molecule has 1 fully saturated rings. The van der Waals surface area contributed by atoms with Crippen molar-refractivity contribution in [1.29, 1.82) is 0 Å². The normalized spacial score (nSPS) is 39.8. The van der Waals surface area contributed by atoms with E-state index in [0.29, 0.717) is 19.3 Å². The number of aliphatic hydroxyl groups excluding tert-OH is 1. The standard InChI is InChI=1S/C36H63NO8/c1-13-27-17-21(3)15-16-29(38)23(5)18-28(20-32(41-11)42-12)35(24(6)22(4)19-31(39)44-30(27)14-2)45-36-25(7)33(37(9)10)34(40)26(8)43-36/h15-17,22-28,30,32-36,40H,13-14,18-20H2,1-12H3/b16-15+,21-17+/t22-,23-,24+,25-,26-,27+,28-,30-,33-,34-,35-,36+/m1/s1. The topological polar surface area (TPSA) is 104 Å². The zero-order valence-corrected chi connectivity index (χ0v) is 30.0. The lowest BCUT2D eigenvalue weighted by Gasteiger charge is -2.48. The average Bonchev–Trinajstić information content (AvgIpc) is 2.99. The van der Waals surface area contributed by atoms with Crippen molar-refractivity contribution in [2.45, 2.75) is 131 Å². The number of cyclic esters (lactones) is 1. The number of hydrogen-bond acceptors (Lipinski definition) is 9. The first-order valence-corrected chi connectivity index (χ1v) is 17.0. The van der Waals surface area contributed by atoms with Gasteiger partial charge in [0.2, 0.25) is 0 Å². The van der Waals surface area contributed by atoms with E-state index in [4.69, 9.17) is 23.7 Å². The van der Waals surface area contributed by atoms with Gasteiger partial charge in [0.15, 0.2) is 18.4 Å². The Morgan fingerprint density at radius 1 is 1.00 bits per heavy atom. The van der Waals surface area contributed by atoms with Crippen LogP contribution < -0.4 is 0 Å². The molecule has 2 aliphatic heterocycles. The number of ether oxygens (including phenoxy) is 5. The largest absolute Gasteiger partial charge is 0.462 e. The van der Waals surface area contributed by atoms with Gasteiger partial charge in [0.25, 0.3) is 0 Å². The maximum Gasteiger partial charge on any atom is 0.306 e. The molecule has 2 aliphatic rings. The number of carbonyl (C=O) groups excluding carboxylic acids is 2. The van der Waals surface area contributed by atoms with Crippen molar-refractivity contribution in [3.8, 4) is 0 Å². The van der Waals surface area contributed by atoms with E-state index in [9.17, 15) is 14.7 Å². The number of rotatable bonds is 9. The van der Waals surface area contributed by atoms with E-state index in [1.807, 2.05) is 59.7 Å². The number of carbonyl (C=O) groups is 2. The van der Waals surface area contributed by atoms with Crippen molar-refractivity contribution in [3.63, 3.8) is 0 Å². The number of ketones is 1. The molecule has 0 saturated carbocycles. The summed E-state index contributed by atoms with van der Waals surface area (Å²) in [5, 5.41) is 11.0. The van der Waals surface area contributed by atoms with E-state index in [0.717, 1.165) is 12.0 Å². The highest BCUT2D eigenvalue weighted by atomic mass is 16.7. The highest BCUT2D eigenvalue weighted by molar-refractivity contribution is 5.91. The van der Waals surface area contributed by atoms with Crippen LogP contribution in [0.4, 0.5) is 0 Å². The predicted octanol–water partition coefficient (Wildman–Crippen LogP) is 5.79. The van der Waals surface area contributed by atoms with E-state index in [-0.39, 0.29) is 65.8 Å². The molecular weight excluding hydrogens is 574 g/mol. The second-order valence-electron chi connectivity index (χ2n) is 13.8. The lowest BCUT2D eigenvalue weighted by Crippen LogP contribution is -2.59. The Morgan fingerprint density at radius 2 is 1.64 bits per heavy atom. The second-order valence-corrected chi connectivity index (χ2v) is 13.8. The zero-order valence-electron chi connectivity index (χ0n) is 30.0. The molecule has 0 unspecified atom stereocenters. The lowest BCUT2D eigenvalue weighted by atomic mass is 9.76. The summed E-state index contributed by atoms with van der Waals surface area (Å²) in [4.78, 5) is 28.9. The molecule has 0 spiro atoms. The van der Waals surface area contributed by atoms with Crippen LogP contribution in [0.25, 0.3) is 0 Å². The van der Waals surface area contributed by atoms with Crippen molar-refractivity contribution in [2.24, 2.45) is 35.5 Å². The van der Waals surface area contributed by atoms with Gasteiger partial charge in [-0.15, -0.1) is 0 Å². The maximum absolute atomic E-state index is 13.5. The van der Waals surface area contributed by atoms with E-state index >= 15 is 0 Å². The SMILES string of the molecule is CC[C@H]1/C=C(C)/C=C/C(=O)[C@H](C)C[C@H](CC(OC)OC)[C@H](O[C@@H]2O[C@H](C)[C@@H](O)[C@H](N(C)C)[C@H]2C)[C@@H](C)[C@H](C)CC(=O)O[C@@H]1CC. The minimum atomic E-state index is -0.666.